The Bertz CT molecular complexity index is 1750. The molecular formula is C37H43F3N4O6. The molecule has 50 heavy (non-hydrogen) atoms. The van der Waals surface area contributed by atoms with Crippen molar-refractivity contribution in [2.24, 2.45) is 11.8 Å². The number of nitrogens with one attached hydrogen (secondary N) is 2. The minimum Gasteiger partial charge on any atom is -0.444 e. The van der Waals surface area contributed by atoms with E-state index in [9.17, 15) is 32.3 Å². The Kier molecular flexibility index (Phi) is 9.87. The van der Waals surface area contributed by atoms with Gasteiger partial charge in [-0.1, -0.05) is 30.3 Å². The second-order valence-electron chi connectivity index (χ2n) is 14.5. The lowest BCUT2D eigenvalue weighted by Gasteiger charge is -2.36. The van der Waals surface area contributed by atoms with Gasteiger partial charge in [0.2, 0.25) is 17.5 Å². The highest BCUT2D eigenvalue weighted by Gasteiger charge is 2.48. The highest BCUT2D eigenvalue weighted by atomic mass is 19.1. The predicted molar refractivity (Wildman–Crippen MR) is 180 cm³/mol. The molecule has 3 aromatic rings. The third-order valence-electron chi connectivity index (χ3n) is 10.1. The number of likely N-dealkylation sites (tertiary alicyclic amines) is 1. The first-order chi connectivity index (χ1) is 23.9. The number of benzene rings is 2. The van der Waals surface area contributed by atoms with Gasteiger partial charge < -0.3 is 25.0 Å². The molecule has 2 N–H and O–H groups in total. The molecule has 10 nitrogen and oxygen atoms in total. The van der Waals surface area contributed by atoms with E-state index < -0.39 is 55.5 Å². The van der Waals surface area contributed by atoms with Crippen LogP contribution in [0.25, 0.3) is 10.9 Å². The molecule has 268 valence electrons. The number of nitrogens with zero attached hydrogens (tertiary/aromatic N) is 2. The smallest absolute Gasteiger partial charge is 0.407 e. The van der Waals surface area contributed by atoms with Crippen molar-refractivity contribution >= 4 is 40.5 Å². The van der Waals surface area contributed by atoms with Gasteiger partial charge in [0.05, 0.1) is 11.6 Å². The van der Waals surface area contributed by atoms with Gasteiger partial charge in [-0.05, 0) is 88.6 Å². The van der Waals surface area contributed by atoms with E-state index in [1.54, 1.807) is 43.9 Å². The summed E-state index contributed by atoms with van der Waals surface area (Å²) in [5, 5.41) is 6.10. The summed E-state index contributed by atoms with van der Waals surface area (Å²) < 4.78 is 53.5. The zero-order chi connectivity index (χ0) is 35.8. The SMILES string of the molecule is CC(C)(C)OC(=O)N[C@H](CF)[C@H]1CC[C@H](C(=O)N2CC[C@H](c3ccccc3)[C@H]2C(=O)Nc2ccc3c(c2)cc2n3C(CF)(CF)OC2=O)CC1. The highest BCUT2D eigenvalue weighted by molar-refractivity contribution is 6.02. The van der Waals surface area contributed by atoms with E-state index >= 15 is 0 Å². The molecule has 3 aliphatic rings. The van der Waals surface area contributed by atoms with E-state index in [0.717, 1.165) is 5.56 Å². The van der Waals surface area contributed by atoms with Crippen LogP contribution in [-0.4, -0.2) is 77.6 Å². The minimum absolute atomic E-state index is 0.0173. The van der Waals surface area contributed by atoms with Gasteiger partial charge in [-0.2, -0.15) is 0 Å². The van der Waals surface area contributed by atoms with Gasteiger partial charge in [0.1, 0.15) is 24.0 Å². The summed E-state index contributed by atoms with van der Waals surface area (Å²) in [6.07, 6.45) is 1.97. The van der Waals surface area contributed by atoms with Crippen molar-refractivity contribution in [2.45, 2.75) is 82.2 Å². The van der Waals surface area contributed by atoms with Crippen LogP contribution in [0, 0.1) is 11.8 Å². The first-order valence-electron chi connectivity index (χ1n) is 17.1. The molecule has 6 rings (SSSR count). The molecular weight excluding hydrogens is 653 g/mol. The van der Waals surface area contributed by atoms with Crippen LogP contribution >= 0.6 is 0 Å². The van der Waals surface area contributed by atoms with Gasteiger partial charge in [-0.15, -0.1) is 0 Å². The number of hydrogen-bond acceptors (Lipinski definition) is 6. The summed E-state index contributed by atoms with van der Waals surface area (Å²) in [5.74, 6) is -2.13. The molecule has 1 saturated carbocycles. The summed E-state index contributed by atoms with van der Waals surface area (Å²) in [5.41, 5.74) is -1.05. The molecule has 0 unspecified atom stereocenters. The first kappa shape index (κ1) is 35.3. The monoisotopic (exact) mass is 696 g/mol. The number of alkyl carbamates (subject to hydrolysis) is 1. The lowest BCUT2D eigenvalue weighted by molar-refractivity contribution is -0.141. The largest absolute Gasteiger partial charge is 0.444 e. The van der Waals surface area contributed by atoms with Crippen LogP contribution < -0.4 is 10.6 Å². The van der Waals surface area contributed by atoms with Gasteiger partial charge in [-0.3, -0.25) is 14.2 Å². The Morgan fingerprint density at radius 3 is 2.32 bits per heavy atom. The molecule has 2 aliphatic heterocycles. The first-order valence-corrected chi connectivity index (χ1v) is 17.1. The summed E-state index contributed by atoms with van der Waals surface area (Å²) in [4.78, 5) is 54.6. The molecule has 2 fully saturated rings. The number of carbonyl (C=O) groups is 4. The van der Waals surface area contributed by atoms with Gasteiger partial charge in [0, 0.05) is 29.5 Å². The van der Waals surface area contributed by atoms with Crippen molar-refractivity contribution in [2.75, 3.05) is 31.9 Å². The molecule has 1 aliphatic carbocycles. The van der Waals surface area contributed by atoms with E-state index in [1.165, 1.54) is 10.6 Å². The Labute approximate surface area is 288 Å². The maximum absolute atomic E-state index is 14.1. The van der Waals surface area contributed by atoms with Crippen LogP contribution in [0.3, 0.4) is 0 Å². The van der Waals surface area contributed by atoms with E-state index in [0.29, 0.717) is 55.2 Å². The Morgan fingerprint density at radius 2 is 1.68 bits per heavy atom. The third-order valence-corrected chi connectivity index (χ3v) is 10.1. The zero-order valence-corrected chi connectivity index (χ0v) is 28.4. The fourth-order valence-corrected chi connectivity index (χ4v) is 7.74. The molecule has 1 aromatic heterocycles. The number of alkyl halides is 3. The van der Waals surface area contributed by atoms with Crippen molar-refractivity contribution in [1.29, 1.82) is 0 Å². The lowest BCUT2D eigenvalue weighted by atomic mass is 9.78. The molecule has 3 atom stereocenters. The van der Waals surface area contributed by atoms with Crippen LogP contribution in [0.2, 0.25) is 0 Å². The molecule has 3 heterocycles. The number of anilines is 1. The fraction of sp³-hybridized carbons (Fsp3) is 0.514. The number of fused-ring (bicyclic) bond motifs is 3. The molecule has 0 bridgehead atoms. The zero-order valence-electron chi connectivity index (χ0n) is 28.4. The summed E-state index contributed by atoms with van der Waals surface area (Å²) in [6.45, 7) is 2.37. The number of carbonyl (C=O) groups excluding carboxylic acids is 4. The quantitative estimate of drug-likeness (QED) is 0.250. The molecule has 2 aromatic carbocycles. The van der Waals surface area contributed by atoms with Crippen LogP contribution in [-0.2, 0) is 24.8 Å². The number of aromatic nitrogens is 1. The number of halogens is 3. The molecule has 0 spiro atoms. The second-order valence-corrected chi connectivity index (χ2v) is 14.5. The van der Waals surface area contributed by atoms with Crippen molar-refractivity contribution in [3.63, 3.8) is 0 Å². The average molecular weight is 697 g/mol. The maximum atomic E-state index is 14.1. The Hall–Kier alpha value is -4.55. The van der Waals surface area contributed by atoms with Gasteiger partial charge in [0.15, 0.2) is 13.3 Å². The number of hydrogen-bond donors (Lipinski definition) is 2. The standard InChI is InChI=1S/C37H43F3N4O6/c1-36(2,3)50-35(48)42-28(19-38)23-9-11-24(12-10-23)33(46)43-16-15-27(22-7-5-4-6-8-22)31(43)32(45)41-26-13-14-29-25(17-26)18-30-34(47)49-37(20-39,21-40)44(29)30/h4-8,13-14,17-18,23-24,27-28,31H,9-12,15-16,19-21H2,1-3H3,(H,41,45)(H,42,48)/t23-,24-,27-,28-,31+/m1/s1. The van der Waals surface area contributed by atoms with Crippen molar-refractivity contribution in [1.82, 2.24) is 14.8 Å². The maximum Gasteiger partial charge on any atom is 0.407 e. The third kappa shape index (κ3) is 6.78. The predicted octanol–water partition coefficient (Wildman–Crippen LogP) is 6.40. The van der Waals surface area contributed by atoms with E-state index in [1.807, 2.05) is 30.3 Å². The topological polar surface area (TPSA) is 119 Å². The summed E-state index contributed by atoms with van der Waals surface area (Å²) in [7, 11) is 0. The highest BCUT2D eigenvalue weighted by Crippen LogP contribution is 2.40. The molecule has 1 saturated heterocycles. The van der Waals surface area contributed by atoms with Gasteiger partial charge in [-0.25, -0.2) is 22.8 Å². The normalized spacial score (nSPS) is 23.6. The van der Waals surface area contributed by atoms with E-state index in [2.05, 4.69) is 10.6 Å². The minimum atomic E-state index is -2.06. The summed E-state index contributed by atoms with van der Waals surface area (Å²) >= 11 is 0. The van der Waals surface area contributed by atoms with Crippen LogP contribution in [0.4, 0.5) is 23.7 Å². The second kappa shape index (κ2) is 14.0. The Morgan fingerprint density at radius 1 is 0.980 bits per heavy atom. The molecule has 3 amide bonds. The molecule has 13 heteroatoms. The fourth-order valence-electron chi connectivity index (χ4n) is 7.74. The van der Waals surface area contributed by atoms with E-state index in [-0.39, 0.29) is 35.3 Å². The number of esters is 1. The van der Waals surface area contributed by atoms with Crippen LogP contribution in [0.5, 0.6) is 0 Å². The van der Waals surface area contributed by atoms with Gasteiger partial charge >= 0.3 is 12.1 Å². The molecule has 0 radical (unpaired) electrons. The van der Waals surface area contributed by atoms with Crippen molar-refractivity contribution < 1.29 is 41.8 Å². The summed E-state index contributed by atoms with van der Waals surface area (Å²) in [6, 6.07) is 14.3. The van der Waals surface area contributed by atoms with E-state index in [4.69, 9.17) is 9.47 Å². The number of amides is 3. The average Bonchev–Trinajstić information content (AvgIpc) is 3.79. The Balaban J connectivity index is 1.18. The van der Waals surface area contributed by atoms with Crippen LogP contribution in [0.15, 0.2) is 54.6 Å². The van der Waals surface area contributed by atoms with Gasteiger partial charge in [0.25, 0.3) is 0 Å². The number of rotatable bonds is 9. The number of cyclic esters (lactones) is 1. The lowest BCUT2D eigenvalue weighted by Crippen LogP contribution is -2.49. The number of ether oxygens (including phenoxy) is 2. The van der Waals surface area contributed by atoms with Crippen molar-refractivity contribution in [3.05, 3.63) is 65.9 Å². The van der Waals surface area contributed by atoms with Crippen LogP contribution in [0.1, 0.15) is 74.8 Å². The van der Waals surface area contributed by atoms with Crippen molar-refractivity contribution in [3.8, 4) is 0 Å².